The van der Waals surface area contributed by atoms with E-state index in [1.165, 1.54) is 19.3 Å². The lowest BCUT2D eigenvalue weighted by atomic mass is 10.0. The van der Waals surface area contributed by atoms with E-state index in [9.17, 15) is 18.0 Å². The molecule has 1 amide bonds. The number of likely N-dealkylation sites (N-methyl/N-ethyl adjacent to an activating group) is 1. The minimum Gasteiger partial charge on any atom is -0.498 e. The van der Waals surface area contributed by atoms with Gasteiger partial charge in [0, 0.05) is 19.8 Å². The van der Waals surface area contributed by atoms with E-state index in [4.69, 9.17) is 27.9 Å². The number of benzene rings is 1. The van der Waals surface area contributed by atoms with Gasteiger partial charge in [0.15, 0.2) is 6.04 Å². The van der Waals surface area contributed by atoms with Crippen LogP contribution in [0.1, 0.15) is 12.0 Å². The molecular weight excluding hydrogens is 404 g/mol. The highest BCUT2D eigenvalue weighted by molar-refractivity contribution is 6.42. The molecule has 0 aromatic heterocycles. The fraction of sp³-hybridized carbons (Fsp3) is 0.389. The number of hydrogen-bond donors (Lipinski definition) is 1. The topological polar surface area (TPSA) is 41.6 Å². The Hall–Kier alpha value is -1.86. The summed E-state index contributed by atoms with van der Waals surface area (Å²) in [4.78, 5) is 13.3. The summed E-state index contributed by atoms with van der Waals surface area (Å²) in [6.07, 6.45) is -0.812. The highest BCUT2D eigenvalue weighted by atomic mass is 35.5. The molecule has 0 saturated heterocycles. The first-order chi connectivity index (χ1) is 12.6. The molecule has 27 heavy (non-hydrogen) atoms. The van der Waals surface area contributed by atoms with E-state index in [1.54, 1.807) is 12.1 Å². The van der Waals surface area contributed by atoms with Crippen molar-refractivity contribution in [3.05, 3.63) is 57.4 Å². The van der Waals surface area contributed by atoms with E-state index in [2.05, 4.69) is 5.32 Å². The fourth-order valence-corrected chi connectivity index (χ4v) is 3.09. The first kappa shape index (κ1) is 21.4. The Bertz CT molecular complexity index is 763. The summed E-state index contributed by atoms with van der Waals surface area (Å²) in [6.45, 7) is 0.292. The number of methoxy groups -OCH3 is 1. The van der Waals surface area contributed by atoms with Crippen LogP contribution in [-0.2, 0) is 16.0 Å². The predicted octanol–water partition coefficient (Wildman–Crippen LogP) is 4.33. The number of aryl methyl sites for hydroxylation is 1. The van der Waals surface area contributed by atoms with Crippen molar-refractivity contribution >= 4 is 29.1 Å². The summed E-state index contributed by atoms with van der Waals surface area (Å²) in [5, 5.41) is 3.53. The molecular formula is C18H19Cl2F3N2O2. The van der Waals surface area contributed by atoms with Gasteiger partial charge in [-0.1, -0.05) is 29.3 Å². The molecule has 1 aromatic rings. The Balaban J connectivity index is 1.99. The van der Waals surface area contributed by atoms with Gasteiger partial charge in [0.2, 0.25) is 0 Å². The standard InChI is InChI=1S/C18H19Cl2F3N2O2/c1-25-9-7-12(15(27-2)16(25)18(21,22)23)17(26)24-8-3-4-11-5-6-13(19)14(20)10-11/h5-7,9-10,16H,3-4,8H2,1-2H3,(H,24,26). The molecule has 0 radical (unpaired) electrons. The van der Waals surface area contributed by atoms with Gasteiger partial charge in [-0.15, -0.1) is 0 Å². The molecule has 1 unspecified atom stereocenters. The van der Waals surface area contributed by atoms with Crippen molar-refractivity contribution in [3.8, 4) is 0 Å². The number of amides is 1. The maximum atomic E-state index is 13.3. The van der Waals surface area contributed by atoms with E-state index in [0.29, 0.717) is 29.4 Å². The highest BCUT2D eigenvalue weighted by Crippen LogP contribution is 2.34. The number of ether oxygens (including phenoxy) is 1. The molecule has 148 valence electrons. The third-order valence-electron chi connectivity index (χ3n) is 4.08. The Kier molecular flexibility index (Phi) is 7.06. The van der Waals surface area contributed by atoms with Crippen molar-refractivity contribution in [2.24, 2.45) is 0 Å². The Labute approximate surface area is 165 Å². The predicted molar refractivity (Wildman–Crippen MR) is 98.6 cm³/mol. The van der Waals surface area contributed by atoms with Crippen LogP contribution in [0.3, 0.4) is 0 Å². The first-order valence-electron chi connectivity index (χ1n) is 8.12. The average Bonchev–Trinajstić information content (AvgIpc) is 2.59. The third kappa shape index (κ3) is 5.32. The van der Waals surface area contributed by atoms with Crippen LogP contribution in [0, 0.1) is 0 Å². The molecule has 1 atom stereocenters. The first-order valence-corrected chi connectivity index (χ1v) is 8.88. The van der Waals surface area contributed by atoms with Gasteiger partial charge in [-0.3, -0.25) is 4.79 Å². The summed E-state index contributed by atoms with van der Waals surface area (Å²) >= 11 is 11.8. The van der Waals surface area contributed by atoms with E-state index in [0.717, 1.165) is 17.6 Å². The number of carbonyl (C=O) groups is 1. The van der Waals surface area contributed by atoms with Crippen LogP contribution < -0.4 is 5.32 Å². The van der Waals surface area contributed by atoms with Crippen LogP contribution in [0.4, 0.5) is 13.2 Å². The van der Waals surface area contributed by atoms with E-state index >= 15 is 0 Å². The second-order valence-electron chi connectivity index (χ2n) is 6.02. The molecule has 0 fully saturated rings. The monoisotopic (exact) mass is 422 g/mol. The van der Waals surface area contributed by atoms with Crippen LogP contribution in [0.5, 0.6) is 0 Å². The highest BCUT2D eigenvalue weighted by Gasteiger charge is 2.48. The SMILES string of the molecule is COC1=C(C(=O)NCCCc2ccc(Cl)c(Cl)c2)C=CN(C)C1C(F)(F)F. The number of halogens is 5. The lowest BCUT2D eigenvalue weighted by Crippen LogP contribution is -2.46. The number of nitrogens with one attached hydrogen (secondary N) is 1. The Morgan fingerprint density at radius 3 is 2.59 bits per heavy atom. The number of rotatable bonds is 6. The summed E-state index contributed by atoms with van der Waals surface area (Å²) in [6, 6.07) is 3.26. The minimum atomic E-state index is -4.57. The van der Waals surface area contributed by atoms with Gasteiger partial charge < -0.3 is 15.0 Å². The van der Waals surface area contributed by atoms with Gasteiger partial charge in [0.1, 0.15) is 5.76 Å². The number of carbonyl (C=O) groups excluding carboxylic acids is 1. The smallest absolute Gasteiger partial charge is 0.416 e. The molecule has 1 aliphatic rings. The van der Waals surface area contributed by atoms with Crippen LogP contribution in [0.15, 0.2) is 41.8 Å². The van der Waals surface area contributed by atoms with Gasteiger partial charge in [0.05, 0.1) is 22.7 Å². The van der Waals surface area contributed by atoms with E-state index in [-0.39, 0.29) is 5.57 Å². The zero-order valence-electron chi connectivity index (χ0n) is 14.7. The average molecular weight is 423 g/mol. The molecule has 4 nitrogen and oxygen atoms in total. The summed E-state index contributed by atoms with van der Waals surface area (Å²) in [5.74, 6) is -1.03. The molecule has 0 saturated carbocycles. The van der Waals surface area contributed by atoms with Gasteiger partial charge >= 0.3 is 6.18 Å². The molecule has 1 aliphatic heterocycles. The number of nitrogens with zero attached hydrogens (tertiary/aromatic N) is 1. The van der Waals surface area contributed by atoms with Crippen molar-refractivity contribution in [1.82, 2.24) is 10.2 Å². The number of hydrogen-bond acceptors (Lipinski definition) is 3. The maximum absolute atomic E-state index is 13.3. The lowest BCUT2D eigenvalue weighted by Gasteiger charge is -2.33. The molecule has 0 spiro atoms. The zero-order valence-corrected chi connectivity index (χ0v) is 16.3. The van der Waals surface area contributed by atoms with Crippen molar-refractivity contribution in [2.75, 3.05) is 20.7 Å². The largest absolute Gasteiger partial charge is 0.498 e. The minimum absolute atomic E-state index is 0.132. The summed E-state index contributed by atoms with van der Waals surface area (Å²) < 4.78 is 44.8. The lowest BCUT2D eigenvalue weighted by molar-refractivity contribution is -0.173. The van der Waals surface area contributed by atoms with Gasteiger partial charge in [-0.2, -0.15) is 13.2 Å². The quantitative estimate of drug-likeness (QED) is 0.693. The summed E-state index contributed by atoms with van der Waals surface area (Å²) in [7, 11) is 2.40. The second kappa shape index (κ2) is 8.89. The van der Waals surface area contributed by atoms with E-state index < -0.39 is 23.9 Å². The molecule has 2 rings (SSSR count). The molecule has 0 bridgehead atoms. The summed E-state index contributed by atoms with van der Waals surface area (Å²) in [5.41, 5.74) is 0.819. The molecule has 9 heteroatoms. The Morgan fingerprint density at radius 1 is 1.30 bits per heavy atom. The van der Waals surface area contributed by atoms with Crippen LogP contribution in [-0.4, -0.2) is 43.7 Å². The van der Waals surface area contributed by atoms with Gasteiger partial charge in [-0.25, -0.2) is 0 Å². The zero-order chi connectivity index (χ0) is 20.2. The normalized spacial score (nSPS) is 17.3. The van der Waals surface area contributed by atoms with E-state index in [1.807, 2.05) is 6.07 Å². The van der Waals surface area contributed by atoms with Crippen molar-refractivity contribution in [1.29, 1.82) is 0 Å². The van der Waals surface area contributed by atoms with Crippen LogP contribution in [0.25, 0.3) is 0 Å². The van der Waals surface area contributed by atoms with Crippen LogP contribution >= 0.6 is 23.2 Å². The van der Waals surface area contributed by atoms with Gasteiger partial charge in [-0.05, 0) is 36.6 Å². The second-order valence-corrected chi connectivity index (χ2v) is 6.83. The fourth-order valence-electron chi connectivity index (χ4n) is 2.77. The van der Waals surface area contributed by atoms with Crippen molar-refractivity contribution in [2.45, 2.75) is 25.1 Å². The Morgan fingerprint density at radius 2 is 2.00 bits per heavy atom. The van der Waals surface area contributed by atoms with Crippen molar-refractivity contribution < 1.29 is 22.7 Å². The maximum Gasteiger partial charge on any atom is 0.416 e. The molecule has 1 heterocycles. The van der Waals surface area contributed by atoms with Gasteiger partial charge in [0.25, 0.3) is 5.91 Å². The molecule has 1 N–H and O–H groups in total. The van der Waals surface area contributed by atoms with Crippen molar-refractivity contribution in [3.63, 3.8) is 0 Å². The van der Waals surface area contributed by atoms with Crippen LogP contribution in [0.2, 0.25) is 10.0 Å². The molecule has 1 aromatic carbocycles. The molecule has 0 aliphatic carbocycles. The number of alkyl halides is 3. The third-order valence-corrected chi connectivity index (χ3v) is 4.82.